The summed E-state index contributed by atoms with van der Waals surface area (Å²) in [4.78, 5) is 29.7. The molecule has 0 saturated carbocycles. The van der Waals surface area contributed by atoms with Crippen LogP contribution >= 0.6 is 0 Å². The van der Waals surface area contributed by atoms with E-state index in [1.807, 2.05) is 80.6 Å². The number of methoxy groups -OCH3 is 2. The second-order valence-corrected chi connectivity index (χ2v) is 10.00. The van der Waals surface area contributed by atoms with E-state index in [1.54, 1.807) is 36.8 Å². The molecule has 8 heteroatoms. The van der Waals surface area contributed by atoms with Crippen molar-refractivity contribution in [2.45, 2.75) is 39.4 Å². The van der Waals surface area contributed by atoms with Gasteiger partial charge in [0.15, 0.2) is 0 Å². The molecule has 5 rings (SSSR count). The molecular weight excluding hydrogens is 492 g/mol. The standard InChI is InChI=1S/C31H32N4O4/c1-20-10-15-26(21(2)16-20)35-29(36)27-17-25(22-11-13-24(38-4)14-12-22)33-34(27)19-31(35,3)30(37)32-18-23-8-6-7-9-28(23)39-5/h6-17H,18-19H2,1-5H3,(H,32,37)/t31-/m0/s1. The fraction of sp³-hybridized carbons (Fsp3) is 0.258. The minimum absolute atomic E-state index is 0.190. The number of amides is 2. The van der Waals surface area contributed by atoms with E-state index in [4.69, 9.17) is 14.6 Å². The lowest BCUT2D eigenvalue weighted by Gasteiger charge is -2.43. The van der Waals surface area contributed by atoms with Gasteiger partial charge >= 0.3 is 0 Å². The molecular formula is C31H32N4O4. The normalized spacial score (nSPS) is 16.5. The number of ether oxygens (including phenoxy) is 2. The second-order valence-electron chi connectivity index (χ2n) is 10.00. The number of hydrogen-bond donors (Lipinski definition) is 1. The van der Waals surface area contributed by atoms with Crippen LogP contribution in [0.4, 0.5) is 5.69 Å². The van der Waals surface area contributed by atoms with Crippen molar-refractivity contribution in [2.24, 2.45) is 0 Å². The minimum Gasteiger partial charge on any atom is -0.497 e. The monoisotopic (exact) mass is 524 g/mol. The Bertz CT molecular complexity index is 1540. The van der Waals surface area contributed by atoms with Crippen molar-refractivity contribution in [3.63, 3.8) is 0 Å². The number of nitrogens with zero attached hydrogens (tertiary/aromatic N) is 3. The molecule has 0 aliphatic carbocycles. The molecule has 4 aromatic rings. The summed E-state index contributed by atoms with van der Waals surface area (Å²) in [6, 6.07) is 22.7. The number of carbonyl (C=O) groups excluding carboxylic acids is 2. The van der Waals surface area contributed by atoms with Crippen LogP contribution in [0, 0.1) is 13.8 Å². The number of nitrogens with one attached hydrogen (secondary N) is 1. The van der Waals surface area contributed by atoms with Crippen LogP contribution in [0.3, 0.4) is 0 Å². The molecule has 39 heavy (non-hydrogen) atoms. The molecule has 1 N–H and O–H groups in total. The van der Waals surface area contributed by atoms with Crippen LogP contribution in [-0.2, 0) is 17.9 Å². The average molecular weight is 525 g/mol. The molecule has 200 valence electrons. The van der Waals surface area contributed by atoms with E-state index in [-0.39, 0.29) is 24.9 Å². The maximum absolute atomic E-state index is 14.1. The Balaban J connectivity index is 1.55. The molecule has 0 saturated heterocycles. The quantitative estimate of drug-likeness (QED) is 0.371. The third kappa shape index (κ3) is 4.74. The van der Waals surface area contributed by atoms with Crippen molar-refractivity contribution >= 4 is 17.5 Å². The molecule has 1 aliphatic heterocycles. The van der Waals surface area contributed by atoms with E-state index >= 15 is 0 Å². The van der Waals surface area contributed by atoms with Crippen LogP contribution in [0.25, 0.3) is 11.3 Å². The summed E-state index contributed by atoms with van der Waals surface area (Å²) < 4.78 is 12.4. The highest BCUT2D eigenvalue weighted by molar-refractivity contribution is 6.12. The van der Waals surface area contributed by atoms with Gasteiger partial charge in [0.25, 0.3) is 5.91 Å². The van der Waals surface area contributed by atoms with E-state index in [2.05, 4.69) is 5.32 Å². The molecule has 2 amide bonds. The van der Waals surface area contributed by atoms with Crippen molar-refractivity contribution in [1.82, 2.24) is 15.1 Å². The van der Waals surface area contributed by atoms with E-state index in [0.29, 0.717) is 22.8 Å². The van der Waals surface area contributed by atoms with Crippen LogP contribution in [0.2, 0.25) is 0 Å². The van der Waals surface area contributed by atoms with Crippen molar-refractivity contribution in [3.05, 3.63) is 95.2 Å². The summed E-state index contributed by atoms with van der Waals surface area (Å²) in [5, 5.41) is 7.79. The molecule has 3 aromatic carbocycles. The molecule has 0 radical (unpaired) electrons. The first-order valence-electron chi connectivity index (χ1n) is 12.8. The number of hydrogen-bond acceptors (Lipinski definition) is 5. The molecule has 1 aliphatic rings. The topological polar surface area (TPSA) is 85.7 Å². The summed E-state index contributed by atoms with van der Waals surface area (Å²) in [5.74, 6) is 0.857. The smallest absolute Gasteiger partial charge is 0.277 e. The van der Waals surface area contributed by atoms with Crippen molar-refractivity contribution in [1.29, 1.82) is 0 Å². The van der Waals surface area contributed by atoms with E-state index in [1.165, 1.54) is 0 Å². The highest BCUT2D eigenvalue weighted by Crippen LogP contribution is 2.36. The molecule has 0 fully saturated rings. The zero-order chi connectivity index (χ0) is 27.7. The number of anilines is 1. The van der Waals surface area contributed by atoms with Gasteiger partial charge in [0.2, 0.25) is 5.91 Å². The SMILES string of the molecule is COc1ccc(-c2cc3n(n2)C[C@@](C)(C(=O)NCc2ccccc2OC)N(c2ccc(C)cc2C)C3=O)cc1. The maximum atomic E-state index is 14.1. The van der Waals surface area contributed by atoms with Crippen molar-refractivity contribution < 1.29 is 19.1 Å². The second kappa shape index (κ2) is 10.3. The lowest BCUT2D eigenvalue weighted by Crippen LogP contribution is -2.64. The Morgan fingerprint density at radius 2 is 1.74 bits per heavy atom. The number of benzene rings is 3. The fourth-order valence-electron chi connectivity index (χ4n) is 5.13. The van der Waals surface area contributed by atoms with Crippen LogP contribution in [0.5, 0.6) is 11.5 Å². The van der Waals surface area contributed by atoms with E-state index < -0.39 is 5.54 Å². The van der Waals surface area contributed by atoms with Gasteiger partial charge in [-0.1, -0.05) is 35.9 Å². The number of fused-ring (bicyclic) bond motifs is 1. The predicted molar refractivity (Wildman–Crippen MR) is 150 cm³/mol. The van der Waals surface area contributed by atoms with Gasteiger partial charge in [0.1, 0.15) is 22.7 Å². The summed E-state index contributed by atoms with van der Waals surface area (Å²) >= 11 is 0. The Kier molecular flexibility index (Phi) is 6.87. The van der Waals surface area contributed by atoms with Crippen molar-refractivity contribution in [2.75, 3.05) is 19.1 Å². The molecule has 0 spiro atoms. The highest BCUT2D eigenvalue weighted by atomic mass is 16.5. The van der Waals surface area contributed by atoms with Crippen LogP contribution in [0.1, 0.15) is 34.1 Å². The summed E-state index contributed by atoms with van der Waals surface area (Å²) in [6.45, 7) is 6.20. The van der Waals surface area contributed by atoms with Gasteiger partial charge in [-0.3, -0.25) is 19.2 Å². The number of aromatic nitrogens is 2. The number of carbonyl (C=O) groups is 2. The van der Waals surface area contributed by atoms with E-state index in [0.717, 1.165) is 28.0 Å². The Morgan fingerprint density at radius 3 is 2.44 bits per heavy atom. The summed E-state index contributed by atoms with van der Waals surface area (Å²) in [6.07, 6.45) is 0. The lowest BCUT2D eigenvalue weighted by atomic mass is 9.92. The molecule has 2 heterocycles. The van der Waals surface area contributed by atoms with Crippen molar-refractivity contribution in [3.8, 4) is 22.8 Å². The predicted octanol–water partition coefficient (Wildman–Crippen LogP) is 4.92. The van der Waals surface area contributed by atoms with Gasteiger partial charge in [-0.2, -0.15) is 5.10 Å². The average Bonchev–Trinajstić information content (AvgIpc) is 3.37. The zero-order valence-corrected chi connectivity index (χ0v) is 22.8. The molecule has 1 atom stereocenters. The van der Waals surface area contributed by atoms with Gasteiger partial charge in [0.05, 0.1) is 26.5 Å². The first-order valence-corrected chi connectivity index (χ1v) is 12.8. The molecule has 0 bridgehead atoms. The lowest BCUT2D eigenvalue weighted by molar-refractivity contribution is -0.126. The van der Waals surface area contributed by atoms with Gasteiger partial charge in [-0.15, -0.1) is 0 Å². The third-order valence-corrected chi connectivity index (χ3v) is 7.25. The Labute approximate surface area is 228 Å². The van der Waals surface area contributed by atoms with Gasteiger partial charge in [-0.05, 0) is 68.8 Å². The number of aryl methyl sites for hydroxylation is 2. The van der Waals surface area contributed by atoms with Crippen LogP contribution < -0.4 is 19.7 Å². The number of rotatable bonds is 7. The zero-order valence-electron chi connectivity index (χ0n) is 22.8. The summed E-state index contributed by atoms with van der Waals surface area (Å²) in [5.41, 5.74) is 4.22. The minimum atomic E-state index is -1.24. The highest BCUT2D eigenvalue weighted by Gasteiger charge is 2.49. The Morgan fingerprint density at radius 1 is 1.00 bits per heavy atom. The van der Waals surface area contributed by atoms with Gasteiger partial charge in [-0.25, -0.2) is 0 Å². The first kappa shape index (κ1) is 26.0. The molecule has 1 aromatic heterocycles. The van der Waals surface area contributed by atoms with E-state index in [9.17, 15) is 9.59 Å². The third-order valence-electron chi connectivity index (χ3n) is 7.25. The maximum Gasteiger partial charge on any atom is 0.277 e. The molecule has 8 nitrogen and oxygen atoms in total. The first-order chi connectivity index (χ1) is 18.7. The number of para-hydroxylation sites is 1. The Hall–Kier alpha value is -4.59. The molecule has 0 unspecified atom stereocenters. The summed E-state index contributed by atoms with van der Waals surface area (Å²) in [7, 11) is 3.22. The van der Waals surface area contributed by atoms with Crippen LogP contribution in [0.15, 0.2) is 72.8 Å². The largest absolute Gasteiger partial charge is 0.497 e. The van der Waals surface area contributed by atoms with Crippen LogP contribution in [-0.4, -0.2) is 41.4 Å². The fourth-order valence-corrected chi connectivity index (χ4v) is 5.13. The van der Waals surface area contributed by atoms with Gasteiger partial charge < -0.3 is 14.8 Å². The van der Waals surface area contributed by atoms with Gasteiger partial charge in [0, 0.05) is 23.4 Å².